The first kappa shape index (κ1) is 18.5. The summed E-state index contributed by atoms with van der Waals surface area (Å²) >= 11 is 0. The number of carbonyl (C=O) groups is 1. The number of carbonyl (C=O) groups excluding carboxylic acids is 1. The molecule has 3 heterocycles. The molecule has 28 heavy (non-hydrogen) atoms. The highest BCUT2D eigenvalue weighted by Crippen LogP contribution is 2.27. The van der Waals surface area contributed by atoms with E-state index in [4.69, 9.17) is 4.42 Å². The zero-order valence-electron chi connectivity index (χ0n) is 16.4. The first-order valence-electron chi connectivity index (χ1n) is 9.77. The fourth-order valence-electron chi connectivity index (χ4n) is 3.80. The molecule has 146 valence electrons. The van der Waals surface area contributed by atoms with Gasteiger partial charge in [0.2, 0.25) is 0 Å². The van der Waals surface area contributed by atoms with Crippen LogP contribution in [0.5, 0.6) is 0 Å². The predicted octanol–water partition coefficient (Wildman–Crippen LogP) is 3.63. The highest BCUT2D eigenvalue weighted by Gasteiger charge is 2.23. The van der Waals surface area contributed by atoms with Crippen LogP contribution in [0.2, 0.25) is 0 Å². The number of benzene rings is 1. The number of amides is 1. The number of rotatable bonds is 4. The van der Waals surface area contributed by atoms with Gasteiger partial charge in [0.05, 0.1) is 18.2 Å². The molecule has 0 aliphatic carbocycles. The van der Waals surface area contributed by atoms with Gasteiger partial charge in [0.1, 0.15) is 0 Å². The summed E-state index contributed by atoms with van der Waals surface area (Å²) in [6.07, 6.45) is 4.42. The fraction of sp³-hybridized carbons (Fsp3) is 0.364. The number of nitrogens with one attached hydrogen (secondary N) is 1. The standard InChI is InChI=1S/C22H26N4O2/c1-16-6-7-17(2)19(13-16)21-18(14-23-24-21)15-25-8-4-9-26(11-10-25)22(27)20-5-3-12-28-20/h3,5-7,12-14H,4,8-11,15H2,1-2H3,(H,23,24). The lowest BCUT2D eigenvalue weighted by Gasteiger charge is -2.21. The van der Waals surface area contributed by atoms with Crippen molar-refractivity contribution in [2.24, 2.45) is 0 Å². The topological polar surface area (TPSA) is 65.4 Å². The van der Waals surface area contributed by atoms with Gasteiger partial charge in [0, 0.05) is 43.9 Å². The molecule has 6 heteroatoms. The van der Waals surface area contributed by atoms with Crippen molar-refractivity contribution in [1.29, 1.82) is 0 Å². The van der Waals surface area contributed by atoms with Crippen LogP contribution < -0.4 is 0 Å². The van der Waals surface area contributed by atoms with Gasteiger partial charge in [-0.05, 0) is 44.0 Å². The van der Waals surface area contributed by atoms with Crippen molar-refractivity contribution in [2.45, 2.75) is 26.8 Å². The Labute approximate surface area is 165 Å². The smallest absolute Gasteiger partial charge is 0.289 e. The van der Waals surface area contributed by atoms with Crippen LogP contribution >= 0.6 is 0 Å². The summed E-state index contributed by atoms with van der Waals surface area (Å²) in [6, 6.07) is 9.98. The van der Waals surface area contributed by atoms with E-state index in [-0.39, 0.29) is 5.91 Å². The quantitative estimate of drug-likeness (QED) is 0.753. The van der Waals surface area contributed by atoms with E-state index in [0.717, 1.165) is 38.3 Å². The Hall–Kier alpha value is -2.86. The number of aryl methyl sites for hydroxylation is 2. The maximum absolute atomic E-state index is 12.5. The number of furan rings is 1. The van der Waals surface area contributed by atoms with Gasteiger partial charge < -0.3 is 9.32 Å². The van der Waals surface area contributed by atoms with Gasteiger partial charge >= 0.3 is 0 Å². The fourth-order valence-corrected chi connectivity index (χ4v) is 3.80. The summed E-state index contributed by atoms with van der Waals surface area (Å²) in [5.41, 5.74) is 5.97. The molecule has 1 aliphatic rings. The zero-order chi connectivity index (χ0) is 19.5. The van der Waals surface area contributed by atoms with Crippen LogP contribution in [0.3, 0.4) is 0 Å². The third kappa shape index (κ3) is 3.87. The molecule has 1 aromatic carbocycles. The largest absolute Gasteiger partial charge is 0.459 e. The molecule has 1 fully saturated rings. The summed E-state index contributed by atoms with van der Waals surface area (Å²) in [5.74, 6) is 0.395. The molecule has 0 unspecified atom stereocenters. The van der Waals surface area contributed by atoms with Gasteiger partial charge in [-0.2, -0.15) is 5.10 Å². The van der Waals surface area contributed by atoms with Crippen molar-refractivity contribution < 1.29 is 9.21 Å². The van der Waals surface area contributed by atoms with E-state index in [1.807, 2.05) is 11.1 Å². The van der Waals surface area contributed by atoms with E-state index in [0.29, 0.717) is 12.3 Å². The molecule has 0 spiro atoms. The molecule has 1 N–H and O–H groups in total. The van der Waals surface area contributed by atoms with Gasteiger partial charge in [-0.15, -0.1) is 0 Å². The Kier molecular flexibility index (Phi) is 5.30. The van der Waals surface area contributed by atoms with Crippen molar-refractivity contribution in [3.63, 3.8) is 0 Å². The number of H-pyrrole nitrogens is 1. The lowest BCUT2D eigenvalue weighted by molar-refractivity contribution is 0.0729. The van der Waals surface area contributed by atoms with E-state index in [1.165, 1.54) is 22.3 Å². The minimum atomic E-state index is -0.0220. The number of aromatic nitrogens is 2. The number of hydrogen-bond acceptors (Lipinski definition) is 4. The Bertz CT molecular complexity index is 945. The van der Waals surface area contributed by atoms with Gasteiger partial charge in [0.15, 0.2) is 5.76 Å². The second-order valence-electron chi connectivity index (χ2n) is 7.49. The maximum atomic E-state index is 12.5. The summed E-state index contributed by atoms with van der Waals surface area (Å²) in [5, 5.41) is 7.49. The molecule has 4 rings (SSSR count). The molecule has 1 aliphatic heterocycles. The summed E-state index contributed by atoms with van der Waals surface area (Å²) in [7, 11) is 0. The van der Waals surface area contributed by atoms with E-state index in [1.54, 1.807) is 18.4 Å². The second kappa shape index (κ2) is 8.02. The van der Waals surface area contributed by atoms with Gasteiger partial charge in [0.25, 0.3) is 5.91 Å². The van der Waals surface area contributed by atoms with Crippen LogP contribution in [-0.4, -0.2) is 52.1 Å². The average Bonchev–Trinajstić information content (AvgIpc) is 3.32. The Morgan fingerprint density at radius 1 is 1.18 bits per heavy atom. The highest BCUT2D eigenvalue weighted by molar-refractivity contribution is 5.91. The molecule has 0 bridgehead atoms. The average molecular weight is 378 g/mol. The number of nitrogens with zero attached hydrogens (tertiary/aromatic N) is 3. The normalized spacial score (nSPS) is 15.6. The van der Waals surface area contributed by atoms with Gasteiger partial charge in [-0.3, -0.25) is 14.8 Å². The first-order valence-corrected chi connectivity index (χ1v) is 9.77. The molecule has 2 aromatic heterocycles. The molecule has 0 radical (unpaired) electrons. The van der Waals surface area contributed by atoms with Crippen LogP contribution in [0.25, 0.3) is 11.3 Å². The molecule has 3 aromatic rings. The lowest BCUT2D eigenvalue weighted by Crippen LogP contribution is -2.34. The van der Waals surface area contributed by atoms with Crippen LogP contribution in [0.1, 0.15) is 33.7 Å². The first-order chi connectivity index (χ1) is 13.6. The maximum Gasteiger partial charge on any atom is 0.289 e. The number of aromatic amines is 1. The highest BCUT2D eigenvalue weighted by atomic mass is 16.3. The molecule has 1 amide bonds. The van der Waals surface area contributed by atoms with Crippen LogP contribution in [0, 0.1) is 13.8 Å². The second-order valence-corrected chi connectivity index (χ2v) is 7.49. The minimum absolute atomic E-state index is 0.0220. The van der Waals surface area contributed by atoms with Crippen molar-refractivity contribution in [1.82, 2.24) is 20.0 Å². The van der Waals surface area contributed by atoms with Gasteiger partial charge in [-0.25, -0.2) is 0 Å². The predicted molar refractivity (Wildman–Crippen MR) is 108 cm³/mol. The summed E-state index contributed by atoms with van der Waals surface area (Å²) < 4.78 is 5.27. The van der Waals surface area contributed by atoms with Crippen molar-refractivity contribution in [3.05, 3.63) is 65.2 Å². The summed E-state index contributed by atoms with van der Waals surface area (Å²) in [6.45, 7) is 8.31. The third-order valence-corrected chi connectivity index (χ3v) is 5.38. The minimum Gasteiger partial charge on any atom is -0.459 e. The number of hydrogen-bond donors (Lipinski definition) is 1. The molecular weight excluding hydrogens is 352 g/mol. The molecular formula is C22H26N4O2. The third-order valence-electron chi connectivity index (χ3n) is 5.38. The Morgan fingerprint density at radius 3 is 2.89 bits per heavy atom. The Morgan fingerprint density at radius 2 is 2.07 bits per heavy atom. The van der Waals surface area contributed by atoms with E-state index in [9.17, 15) is 4.79 Å². The zero-order valence-corrected chi connectivity index (χ0v) is 16.4. The lowest BCUT2D eigenvalue weighted by atomic mass is 10.0. The van der Waals surface area contributed by atoms with Crippen LogP contribution in [0.15, 0.2) is 47.2 Å². The van der Waals surface area contributed by atoms with Crippen LogP contribution in [0.4, 0.5) is 0 Å². The Balaban J connectivity index is 1.45. The monoisotopic (exact) mass is 378 g/mol. The van der Waals surface area contributed by atoms with Crippen molar-refractivity contribution in [2.75, 3.05) is 26.2 Å². The molecule has 0 atom stereocenters. The van der Waals surface area contributed by atoms with Crippen LogP contribution in [-0.2, 0) is 6.54 Å². The molecule has 1 saturated heterocycles. The SMILES string of the molecule is Cc1ccc(C)c(-c2[nH]ncc2CN2CCCN(C(=O)c3ccco3)CC2)c1. The van der Waals surface area contributed by atoms with Crippen molar-refractivity contribution in [3.8, 4) is 11.3 Å². The van der Waals surface area contributed by atoms with Gasteiger partial charge in [-0.1, -0.05) is 17.7 Å². The summed E-state index contributed by atoms with van der Waals surface area (Å²) in [4.78, 5) is 16.8. The molecule has 0 saturated carbocycles. The van der Waals surface area contributed by atoms with Crippen molar-refractivity contribution >= 4 is 5.91 Å². The molecule has 6 nitrogen and oxygen atoms in total. The van der Waals surface area contributed by atoms with E-state index < -0.39 is 0 Å². The van der Waals surface area contributed by atoms with E-state index in [2.05, 4.69) is 47.1 Å². The van der Waals surface area contributed by atoms with E-state index >= 15 is 0 Å².